The fourth-order valence-corrected chi connectivity index (χ4v) is 2.15. The van der Waals surface area contributed by atoms with Gasteiger partial charge in [0, 0.05) is 6.04 Å². The monoisotopic (exact) mass is 288 g/mol. The molecule has 1 N–H and O–H groups in total. The van der Waals surface area contributed by atoms with Crippen LogP contribution in [0.2, 0.25) is 5.15 Å². The number of hydrogen-bond donors (Lipinski definition) is 1. The number of nitrogens with one attached hydrogen (secondary N) is 1. The Morgan fingerprint density at radius 3 is 3.00 bits per heavy atom. The minimum atomic E-state index is 0.507. The molecule has 2 nitrogen and oxygen atoms in total. The van der Waals surface area contributed by atoms with Crippen LogP contribution in [-0.2, 0) is 0 Å². The lowest BCUT2D eigenvalue weighted by atomic mass is 10.1. The van der Waals surface area contributed by atoms with Crippen molar-refractivity contribution in [3.05, 3.63) is 21.9 Å². The molecule has 1 aromatic rings. The predicted octanol–water partition coefficient (Wildman–Crippen LogP) is 4.10. The molecular weight excluding hydrogens is 275 g/mol. The Balaban J connectivity index is 1.93. The van der Waals surface area contributed by atoms with Crippen LogP contribution in [0.5, 0.6) is 0 Å². The zero-order valence-electron chi connectivity index (χ0n) is 8.63. The molecule has 1 saturated carbocycles. The maximum atomic E-state index is 5.83. The molecule has 0 aliphatic heterocycles. The fourth-order valence-electron chi connectivity index (χ4n) is 1.70. The van der Waals surface area contributed by atoms with Crippen LogP contribution in [-0.4, -0.2) is 11.0 Å². The molecule has 0 saturated heterocycles. The van der Waals surface area contributed by atoms with Gasteiger partial charge in [0.25, 0.3) is 0 Å². The van der Waals surface area contributed by atoms with Crippen LogP contribution in [0.3, 0.4) is 0 Å². The summed E-state index contributed by atoms with van der Waals surface area (Å²) in [6.07, 6.45) is 5.82. The van der Waals surface area contributed by atoms with Crippen LogP contribution in [0.1, 0.15) is 26.2 Å². The van der Waals surface area contributed by atoms with E-state index in [1.165, 1.54) is 19.3 Å². The molecule has 4 heteroatoms. The highest BCUT2D eigenvalue weighted by atomic mass is 79.9. The molecule has 1 unspecified atom stereocenters. The second-order valence-electron chi connectivity index (χ2n) is 4.22. The zero-order chi connectivity index (χ0) is 10.8. The summed E-state index contributed by atoms with van der Waals surface area (Å²) in [6, 6.07) is 2.48. The molecule has 1 aliphatic rings. The Bertz CT molecular complexity index is 352. The fraction of sp³-hybridized carbons (Fsp3) is 0.545. The summed E-state index contributed by atoms with van der Waals surface area (Å²) in [7, 11) is 0. The van der Waals surface area contributed by atoms with Crippen molar-refractivity contribution in [1.29, 1.82) is 0 Å². The lowest BCUT2D eigenvalue weighted by Crippen LogP contribution is -2.15. The molecule has 0 radical (unpaired) electrons. The molecule has 0 amide bonds. The molecule has 1 fully saturated rings. The van der Waals surface area contributed by atoms with Gasteiger partial charge in [-0.05, 0) is 41.3 Å². The first-order chi connectivity index (χ1) is 7.15. The molecule has 0 aromatic carbocycles. The van der Waals surface area contributed by atoms with Crippen molar-refractivity contribution >= 4 is 33.2 Å². The van der Waals surface area contributed by atoms with Crippen molar-refractivity contribution < 1.29 is 0 Å². The van der Waals surface area contributed by atoms with E-state index in [-0.39, 0.29) is 0 Å². The first-order valence-electron chi connectivity index (χ1n) is 5.22. The lowest BCUT2D eigenvalue weighted by Gasteiger charge is -2.14. The van der Waals surface area contributed by atoms with E-state index in [1.807, 2.05) is 6.07 Å². The summed E-state index contributed by atoms with van der Waals surface area (Å²) < 4.78 is 0.841. The summed E-state index contributed by atoms with van der Waals surface area (Å²) in [4.78, 5) is 4.08. The highest BCUT2D eigenvalue weighted by Gasteiger charge is 2.23. The minimum absolute atomic E-state index is 0.507. The summed E-state index contributed by atoms with van der Waals surface area (Å²) in [5, 5.41) is 3.94. The van der Waals surface area contributed by atoms with E-state index in [2.05, 4.69) is 33.2 Å². The topological polar surface area (TPSA) is 24.9 Å². The second-order valence-corrected chi connectivity index (χ2v) is 5.43. The Kier molecular flexibility index (Phi) is 3.52. The van der Waals surface area contributed by atoms with Crippen molar-refractivity contribution in [3.63, 3.8) is 0 Å². The third-order valence-electron chi connectivity index (χ3n) is 2.59. The smallest absolute Gasteiger partial charge is 0.143 e. The first-order valence-corrected chi connectivity index (χ1v) is 6.40. The third kappa shape index (κ3) is 3.35. The van der Waals surface area contributed by atoms with Gasteiger partial charge in [0.1, 0.15) is 5.15 Å². The maximum absolute atomic E-state index is 5.83. The van der Waals surface area contributed by atoms with E-state index in [0.717, 1.165) is 16.1 Å². The van der Waals surface area contributed by atoms with Crippen LogP contribution >= 0.6 is 27.5 Å². The van der Waals surface area contributed by atoms with Gasteiger partial charge in [-0.3, -0.25) is 0 Å². The van der Waals surface area contributed by atoms with Gasteiger partial charge in [0.2, 0.25) is 0 Å². The van der Waals surface area contributed by atoms with Gasteiger partial charge < -0.3 is 5.32 Å². The van der Waals surface area contributed by atoms with Crippen molar-refractivity contribution in [3.8, 4) is 0 Å². The summed E-state index contributed by atoms with van der Waals surface area (Å²) in [5.74, 6) is 0.941. The first kappa shape index (κ1) is 11.2. The highest BCUT2D eigenvalue weighted by Crippen LogP contribution is 2.34. The molecule has 15 heavy (non-hydrogen) atoms. The van der Waals surface area contributed by atoms with E-state index in [1.54, 1.807) is 6.20 Å². The van der Waals surface area contributed by atoms with Gasteiger partial charge in [-0.25, -0.2) is 4.98 Å². The number of hydrogen-bond acceptors (Lipinski definition) is 2. The number of nitrogens with zero attached hydrogens (tertiary/aromatic N) is 1. The Labute approximate surface area is 104 Å². The Morgan fingerprint density at radius 2 is 2.40 bits per heavy atom. The summed E-state index contributed by atoms with van der Waals surface area (Å²) >= 11 is 9.19. The van der Waals surface area contributed by atoms with E-state index in [9.17, 15) is 0 Å². The van der Waals surface area contributed by atoms with Crippen LogP contribution in [0.25, 0.3) is 0 Å². The number of halogens is 2. The van der Waals surface area contributed by atoms with Gasteiger partial charge in [0.05, 0.1) is 16.4 Å². The number of anilines is 1. The normalized spacial score (nSPS) is 17.5. The van der Waals surface area contributed by atoms with E-state index in [0.29, 0.717) is 11.2 Å². The number of rotatable bonds is 4. The van der Waals surface area contributed by atoms with Crippen molar-refractivity contribution in [2.24, 2.45) is 5.92 Å². The molecule has 1 atom stereocenters. The van der Waals surface area contributed by atoms with Gasteiger partial charge in [-0.1, -0.05) is 24.4 Å². The average molecular weight is 290 g/mol. The Morgan fingerprint density at radius 1 is 1.67 bits per heavy atom. The lowest BCUT2D eigenvalue weighted by molar-refractivity contribution is 0.642. The average Bonchev–Trinajstić information content (AvgIpc) is 2.95. The molecule has 0 bridgehead atoms. The molecular formula is C11H14BrClN2. The molecule has 1 heterocycles. The predicted molar refractivity (Wildman–Crippen MR) is 67.4 cm³/mol. The zero-order valence-corrected chi connectivity index (χ0v) is 11.0. The van der Waals surface area contributed by atoms with Crippen molar-refractivity contribution in [2.75, 3.05) is 5.32 Å². The quantitative estimate of drug-likeness (QED) is 0.844. The molecule has 2 rings (SSSR count). The van der Waals surface area contributed by atoms with Gasteiger partial charge in [-0.2, -0.15) is 0 Å². The number of aromatic nitrogens is 1. The van der Waals surface area contributed by atoms with Gasteiger partial charge >= 0.3 is 0 Å². The van der Waals surface area contributed by atoms with E-state index < -0.39 is 0 Å². The van der Waals surface area contributed by atoms with Crippen LogP contribution in [0, 0.1) is 5.92 Å². The molecule has 0 spiro atoms. The van der Waals surface area contributed by atoms with Crippen molar-refractivity contribution in [2.45, 2.75) is 32.2 Å². The highest BCUT2D eigenvalue weighted by molar-refractivity contribution is 9.10. The maximum Gasteiger partial charge on any atom is 0.143 e. The SMILES string of the molecule is CC(CC1CC1)Nc1cnc(Cl)c(Br)c1. The summed E-state index contributed by atoms with van der Waals surface area (Å²) in [5.41, 5.74) is 1.03. The second kappa shape index (κ2) is 4.71. The van der Waals surface area contributed by atoms with E-state index >= 15 is 0 Å². The number of pyridine rings is 1. The largest absolute Gasteiger partial charge is 0.381 e. The molecule has 82 valence electrons. The van der Waals surface area contributed by atoms with Crippen molar-refractivity contribution in [1.82, 2.24) is 4.98 Å². The molecule has 1 aromatic heterocycles. The van der Waals surface area contributed by atoms with Gasteiger partial charge in [0.15, 0.2) is 0 Å². The third-order valence-corrected chi connectivity index (χ3v) is 3.73. The van der Waals surface area contributed by atoms with Crippen LogP contribution in [0.4, 0.5) is 5.69 Å². The standard InChI is InChI=1S/C11H14BrClN2/c1-7(4-8-2-3-8)15-9-5-10(12)11(13)14-6-9/h5-8,15H,2-4H2,1H3. The molecule has 1 aliphatic carbocycles. The minimum Gasteiger partial charge on any atom is -0.381 e. The Hall–Kier alpha value is -0.280. The van der Waals surface area contributed by atoms with Crippen LogP contribution in [0.15, 0.2) is 16.7 Å². The van der Waals surface area contributed by atoms with Crippen LogP contribution < -0.4 is 5.32 Å². The van der Waals surface area contributed by atoms with E-state index in [4.69, 9.17) is 11.6 Å². The summed E-state index contributed by atoms with van der Waals surface area (Å²) in [6.45, 7) is 2.21. The van der Waals surface area contributed by atoms with Gasteiger partial charge in [-0.15, -0.1) is 0 Å².